The Morgan fingerprint density at radius 2 is 1.86 bits per heavy atom. The molecule has 2 aromatic rings. The fourth-order valence-corrected chi connectivity index (χ4v) is 3.61. The molecule has 0 saturated carbocycles. The molecule has 0 aromatic heterocycles. The lowest BCUT2D eigenvalue weighted by Crippen LogP contribution is -2.19. The third kappa shape index (κ3) is 7.03. The van der Waals surface area contributed by atoms with Gasteiger partial charge >= 0.3 is 0 Å². The van der Waals surface area contributed by atoms with E-state index in [0.29, 0.717) is 17.9 Å². The number of rotatable bonds is 11. The molecule has 0 aliphatic rings. The topological polar surface area (TPSA) is 84.8 Å². The molecular formula is C20H22Cl2N2O4S. The first-order valence-electron chi connectivity index (χ1n) is 9.11. The second-order valence-corrected chi connectivity index (χ2v) is 8.67. The lowest BCUT2D eigenvalue weighted by Gasteiger charge is -2.09. The zero-order chi connectivity index (χ0) is 21.3. The average Bonchev–Trinajstić information content (AvgIpc) is 2.70. The van der Waals surface area contributed by atoms with E-state index < -0.39 is 15.8 Å². The zero-order valence-electron chi connectivity index (χ0n) is 15.9. The maximum atomic E-state index is 12.4. The number of carbonyl (C=O) groups is 1. The molecule has 0 heterocycles. The van der Waals surface area contributed by atoms with E-state index in [-0.39, 0.29) is 14.9 Å². The van der Waals surface area contributed by atoms with Gasteiger partial charge in [0.05, 0.1) is 33.3 Å². The van der Waals surface area contributed by atoms with Gasteiger partial charge in [-0.3, -0.25) is 4.79 Å². The summed E-state index contributed by atoms with van der Waals surface area (Å²) in [5.41, 5.74) is 0.306. The number of hydrogen-bond acceptors (Lipinski definition) is 5. The Morgan fingerprint density at radius 3 is 2.59 bits per heavy atom. The first-order valence-corrected chi connectivity index (χ1v) is 11.3. The van der Waals surface area contributed by atoms with Crippen molar-refractivity contribution in [2.45, 2.75) is 37.5 Å². The largest absolute Gasteiger partial charge is 0.493 e. The van der Waals surface area contributed by atoms with Crippen LogP contribution >= 0.6 is 23.2 Å². The molecule has 0 saturated heterocycles. The van der Waals surface area contributed by atoms with E-state index in [1.807, 2.05) is 4.83 Å². The highest BCUT2D eigenvalue weighted by Gasteiger charge is 2.15. The summed E-state index contributed by atoms with van der Waals surface area (Å²) < 4.78 is 30.2. The Balaban J connectivity index is 2.02. The van der Waals surface area contributed by atoms with Crippen LogP contribution in [-0.4, -0.2) is 27.0 Å². The number of sulfonamides is 1. The number of Topliss-reactive ketones (excluding diaryl/α,β-unsaturated/α-hetero) is 1. The van der Waals surface area contributed by atoms with Crippen LogP contribution in [0, 0.1) is 0 Å². The van der Waals surface area contributed by atoms with Crippen LogP contribution in [0.2, 0.25) is 10.0 Å². The van der Waals surface area contributed by atoms with Crippen LogP contribution in [0.15, 0.2) is 52.5 Å². The monoisotopic (exact) mass is 456 g/mol. The van der Waals surface area contributed by atoms with Crippen molar-refractivity contribution in [2.75, 3.05) is 6.61 Å². The molecule has 2 aromatic carbocycles. The fraction of sp³-hybridized carbons (Fsp3) is 0.300. The molecule has 0 spiro atoms. The van der Waals surface area contributed by atoms with Crippen molar-refractivity contribution < 1.29 is 17.9 Å². The van der Waals surface area contributed by atoms with Crippen molar-refractivity contribution in [1.82, 2.24) is 4.83 Å². The fourth-order valence-electron chi connectivity index (χ4n) is 2.43. The van der Waals surface area contributed by atoms with Gasteiger partial charge in [-0.25, -0.2) is 0 Å². The number of ether oxygens (including phenoxy) is 1. The molecule has 6 nitrogen and oxygen atoms in total. The van der Waals surface area contributed by atoms with E-state index in [1.54, 1.807) is 24.3 Å². The second-order valence-electron chi connectivity index (χ2n) is 6.20. The molecular weight excluding hydrogens is 435 g/mol. The van der Waals surface area contributed by atoms with Crippen molar-refractivity contribution in [1.29, 1.82) is 0 Å². The van der Waals surface area contributed by atoms with Crippen LogP contribution in [0.4, 0.5) is 0 Å². The first-order chi connectivity index (χ1) is 13.8. The van der Waals surface area contributed by atoms with E-state index in [9.17, 15) is 13.2 Å². The van der Waals surface area contributed by atoms with E-state index in [4.69, 9.17) is 27.9 Å². The number of ketones is 1. The highest BCUT2D eigenvalue weighted by atomic mass is 35.5. The van der Waals surface area contributed by atoms with Crippen LogP contribution in [0.25, 0.3) is 0 Å². The molecule has 0 amide bonds. The van der Waals surface area contributed by atoms with Crippen LogP contribution in [0.5, 0.6) is 5.75 Å². The molecule has 0 aliphatic heterocycles. The molecule has 1 N–H and O–H groups in total. The number of halogens is 2. The van der Waals surface area contributed by atoms with Gasteiger partial charge in [-0.15, -0.1) is 0 Å². The number of benzene rings is 2. The van der Waals surface area contributed by atoms with Gasteiger partial charge in [0, 0.05) is 0 Å². The maximum Gasteiger partial charge on any atom is 0.276 e. The number of nitrogens with zero attached hydrogens (tertiary/aromatic N) is 1. The van der Waals surface area contributed by atoms with E-state index >= 15 is 0 Å². The first kappa shape index (κ1) is 23.2. The number of para-hydroxylation sites is 1. The Labute approximate surface area is 180 Å². The number of carbonyl (C=O) groups excluding carboxylic acids is 1. The minimum absolute atomic E-state index is 0.0969. The third-order valence-electron chi connectivity index (χ3n) is 3.96. The third-order valence-corrected chi connectivity index (χ3v) is 5.92. The molecule has 156 valence electrons. The van der Waals surface area contributed by atoms with Crippen molar-refractivity contribution >= 4 is 45.2 Å². The lowest BCUT2D eigenvalue weighted by molar-refractivity contribution is 0.106. The SMILES string of the molecule is CCCCCCOc1ccccc1C(=O)/C=N/NS(=O)(=O)c1ccc(Cl)c(Cl)c1. The molecule has 2 rings (SSSR count). The quantitative estimate of drug-likeness (QED) is 0.220. The van der Waals surface area contributed by atoms with Gasteiger partial charge < -0.3 is 4.74 Å². The lowest BCUT2D eigenvalue weighted by atomic mass is 10.1. The summed E-state index contributed by atoms with van der Waals surface area (Å²) in [5, 5.41) is 3.89. The van der Waals surface area contributed by atoms with Crippen LogP contribution in [0.1, 0.15) is 43.0 Å². The summed E-state index contributed by atoms with van der Waals surface area (Å²) >= 11 is 11.6. The summed E-state index contributed by atoms with van der Waals surface area (Å²) in [6, 6.07) is 10.6. The van der Waals surface area contributed by atoms with Gasteiger partial charge in [0.25, 0.3) is 10.0 Å². The van der Waals surface area contributed by atoms with E-state index in [0.717, 1.165) is 31.9 Å². The molecule has 29 heavy (non-hydrogen) atoms. The van der Waals surface area contributed by atoms with Crippen LogP contribution in [-0.2, 0) is 10.0 Å². The van der Waals surface area contributed by atoms with Gasteiger partial charge in [-0.2, -0.15) is 18.4 Å². The smallest absolute Gasteiger partial charge is 0.276 e. The second kappa shape index (κ2) is 11.2. The predicted octanol–water partition coefficient (Wildman–Crippen LogP) is 5.10. The normalized spacial score (nSPS) is 11.6. The van der Waals surface area contributed by atoms with Crippen LogP contribution < -0.4 is 9.57 Å². The molecule has 0 bridgehead atoms. The summed E-state index contributed by atoms with van der Waals surface area (Å²) in [6.07, 6.45) is 5.12. The summed E-state index contributed by atoms with van der Waals surface area (Å²) in [7, 11) is -3.99. The van der Waals surface area contributed by atoms with Crippen molar-refractivity contribution in [3.8, 4) is 5.75 Å². The molecule has 9 heteroatoms. The minimum Gasteiger partial charge on any atom is -0.493 e. The zero-order valence-corrected chi connectivity index (χ0v) is 18.2. The van der Waals surface area contributed by atoms with E-state index in [1.165, 1.54) is 18.2 Å². The van der Waals surface area contributed by atoms with Gasteiger partial charge in [0.15, 0.2) is 0 Å². The summed E-state index contributed by atoms with van der Waals surface area (Å²) in [6.45, 7) is 2.63. The highest BCUT2D eigenvalue weighted by Crippen LogP contribution is 2.24. The molecule has 0 unspecified atom stereocenters. The Bertz CT molecular complexity index is 978. The summed E-state index contributed by atoms with van der Waals surface area (Å²) in [4.78, 5) is 14.3. The van der Waals surface area contributed by atoms with Gasteiger partial charge in [0.1, 0.15) is 5.75 Å². The van der Waals surface area contributed by atoms with Gasteiger partial charge in [-0.1, -0.05) is 61.5 Å². The van der Waals surface area contributed by atoms with Crippen LogP contribution in [0.3, 0.4) is 0 Å². The Morgan fingerprint density at radius 1 is 1.10 bits per heavy atom. The Kier molecular flexibility index (Phi) is 8.95. The molecule has 0 fully saturated rings. The maximum absolute atomic E-state index is 12.4. The molecule has 0 radical (unpaired) electrons. The van der Waals surface area contributed by atoms with Gasteiger partial charge in [-0.05, 0) is 36.8 Å². The van der Waals surface area contributed by atoms with Gasteiger partial charge in [0.2, 0.25) is 5.78 Å². The van der Waals surface area contributed by atoms with E-state index in [2.05, 4.69) is 12.0 Å². The highest BCUT2D eigenvalue weighted by molar-refractivity contribution is 7.89. The number of hydrazone groups is 1. The predicted molar refractivity (Wildman–Crippen MR) is 116 cm³/mol. The molecule has 0 atom stereocenters. The summed E-state index contributed by atoms with van der Waals surface area (Å²) in [5.74, 6) is -0.0428. The minimum atomic E-state index is -3.99. The standard InChI is InChI=1S/C20H22Cl2N2O4S/c1-2-3-4-7-12-28-20-9-6-5-8-16(20)19(25)14-23-24-29(26,27)15-10-11-17(21)18(22)13-15/h5-6,8-11,13-14,24H,2-4,7,12H2,1H3/b23-14+. The van der Waals surface area contributed by atoms with Crippen molar-refractivity contribution in [3.63, 3.8) is 0 Å². The van der Waals surface area contributed by atoms with Crippen molar-refractivity contribution in [2.24, 2.45) is 5.10 Å². The number of hydrogen-bond donors (Lipinski definition) is 1. The Hall–Kier alpha value is -2.09. The number of nitrogens with one attached hydrogen (secondary N) is 1. The molecule has 0 aliphatic carbocycles. The average molecular weight is 457 g/mol. The number of unbranched alkanes of at least 4 members (excludes halogenated alkanes) is 3. The van der Waals surface area contributed by atoms with Crippen molar-refractivity contribution in [3.05, 3.63) is 58.1 Å².